The zero-order chi connectivity index (χ0) is 38.9. The van der Waals surface area contributed by atoms with Gasteiger partial charge in [0.15, 0.2) is 17.5 Å². The molecule has 3 aromatic heterocycles. The molecule has 0 N–H and O–H groups in total. The van der Waals surface area contributed by atoms with Crippen LogP contribution in [0.3, 0.4) is 0 Å². The quantitative estimate of drug-likeness (QED) is 0.164. The molecule has 0 amide bonds. The van der Waals surface area contributed by atoms with Gasteiger partial charge in [0.2, 0.25) is 0 Å². The van der Waals surface area contributed by atoms with Gasteiger partial charge < -0.3 is 0 Å². The summed E-state index contributed by atoms with van der Waals surface area (Å²) in [6.45, 7) is 0. The van der Waals surface area contributed by atoms with Gasteiger partial charge in [-0.3, -0.25) is 0 Å². The third kappa shape index (κ3) is 5.66. The van der Waals surface area contributed by atoms with Crippen molar-refractivity contribution in [3.8, 4) is 56.5 Å². The van der Waals surface area contributed by atoms with Crippen LogP contribution in [0.5, 0.6) is 0 Å². The van der Waals surface area contributed by atoms with Gasteiger partial charge in [-0.05, 0) is 56.9 Å². The van der Waals surface area contributed by atoms with Crippen LogP contribution in [-0.2, 0) is 0 Å². The van der Waals surface area contributed by atoms with Gasteiger partial charge in [-0.25, -0.2) is 19.9 Å². The Hall–Kier alpha value is -7.60. The fourth-order valence-corrected chi connectivity index (χ4v) is 9.98. The summed E-state index contributed by atoms with van der Waals surface area (Å²) in [7, 11) is 0. The molecule has 274 valence electrons. The number of thiophene rings is 1. The Morgan fingerprint density at radius 2 is 0.831 bits per heavy atom. The maximum absolute atomic E-state index is 5.20. The van der Waals surface area contributed by atoms with Crippen LogP contribution in [-0.4, -0.2) is 19.9 Å². The van der Waals surface area contributed by atoms with Crippen LogP contribution >= 0.6 is 11.3 Å². The Bertz CT molecular complexity index is 3530. The minimum Gasteiger partial charge on any atom is -0.247 e. The zero-order valence-corrected chi connectivity index (χ0v) is 32.5. The molecule has 0 bridgehead atoms. The lowest BCUT2D eigenvalue weighted by Gasteiger charge is -2.11. The second-order valence-corrected chi connectivity index (χ2v) is 16.0. The highest BCUT2D eigenvalue weighted by molar-refractivity contribution is 7.27. The second-order valence-electron chi connectivity index (χ2n) is 15.0. The summed E-state index contributed by atoms with van der Waals surface area (Å²) >= 11 is 1.87. The largest absolute Gasteiger partial charge is 0.247 e. The summed E-state index contributed by atoms with van der Waals surface area (Å²) in [5.74, 6) is 1.92. The van der Waals surface area contributed by atoms with Crippen LogP contribution in [0, 0.1) is 0 Å². The number of rotatable bonds is 5. The van der Waals surface area contributed by atoms with Gasteiger partial charge in [-0.15, -0.1) is 11.3 Å². The van der Waals surface area contributed by atoms with Gasteiger partial charge >= 0.3 is 0 Å². The smallest absolute Gasteiger partial charge is 0.164 e. The van der Waals surface area contributed by atoms with E-state index in [2.05, 4.69) is 194 Å². The van der Waals surface area contributed by atoms with Crippen molar-refractivity contribution < 1.29 is 0 Å². The van der Waals surface area contributed by atoms with E-state index in [9.17, 15) is 0 Å². The summed E-state index contributed by atoms with van der Waals surface area (Å²) < 4.78 is 2.52. The Morgan fingerprint density at radius 3 is 1.54 bits per heavy atom. The van der Waals surface area contributed by atoms with Crippen LogP contribution < -0.4 is 0 Å². The minimum atomic E-state index is 0.634. The van der Waals surface area contributed by atoms with Crippen molar-refractivity contribution in [3.05, 3.63) is 194 Å². The fourth-order valence-electron chi connectivity index (χ4n) is 8.58. The van der Waals surface area contributed by atoms with E-state index in [4.69, 9.17) is 19.9 Å². The first-order valence-electron chi connectivity index (χ1n) is 19.8. The molecule has 0 aliphatic rings. The van der Waals surface area contributed by atoms with Gasteiger partial charge in [0.1, 0.15) is 0 Å². The molecule has 0 spiro atoms. The SMILES string of the molecule is c1ccc(-c2nc3ccccc3c3c2ccc2c4cccc(-c5cccc(-c6nc(-c7ccc8ccccc8c7)nc(-c7ccc8ccccc8c7)n6)c5)c4sc23)cc1. The van der Waals surface area contributed by atoms with E-state index in [1.807, 2.05) is 11.3 Å². The number of nitrogens with zero attached hydrogens (tertiary/aromatic N) is 4. The third-order valence-corrected chi connectivity index (χ3v) is 12.7. The van der Waals surface area contributed by atoms with Crippen LogP contribution in [0.25, 0.3) is 120 Å². The molecule has 5 heteroatoms. The first-order valence-corrected chi connectivity index (χ1v) is 20.6. The van der Waals surface area contributed by atoms with Gasteiger partial charge in [-0.1, -0.05) is 170 Å². The normalized spacial score (nSPS) is 11.7. The van der Waals surface area contributed by atoms with E-state index in [1.54, 1.807) is 0 Å². The maximum Gasteiger partial charge on any atom is 0.164 e. The Balaban J connectivity index is 1.04. The molecule has 0 saturated carbocycles. The minimum absolute atomic E-state index is 0.634. The lowest BCUT2D eigenvalue weighted by atomic mass is 9.97. The second kappa shape index (κ2) is 13.5. The summed E-state index contributed by atoms with van der Waals surface area (Å²) in [5, 5.41) is 10.7. The van der Waals surface area contributed by atoms with Crippen molar-refractivity contribution in [1.29, 1.82) is 0 Å². The molecular formula is C54H32N4S. The molecule has 0 unspecified atom stereocenters. The molecule has 0 aliphatic heterocycles. The van der Waals surface area contributed by atoms with Gasteiger partial charge in [-0.2, -0.15) is 0 Å². The van der Waals surface area contributed by atoms with E-state index < -0.39 is 0 Å². The van der Waals surface area contributed by atoms with Crippen LogP contribution in [0.15, 0.2) is 194 Å². The van der Waals surface area contributed by atoms with Gasteiger partial charge in [0.25, 0.3) is 0 Å². The molecule has 4 nitrogen and oxygen atoms in total. The highest BCUT2D eigenvalue weighted by Crippen LogP contribution is 2.46. The van der Waals surface area contributed by atoms with Crippen molar-refractivity contribution in [2.24, 2.45) is 0 Å². The van der Waals surface area contributed by atoms with E-state index in [-0.39, 0.29) is 0 Å². The molecule has 12 aromatic rings. The predicted octanol–water partition coefficient (Wildman–Crippen LogP) is 14.6. The Kier molecular flexibility index (Phi) is 7.68. The van der Waals surface area contributed by atoms with Crippen molar-refractivity contribution in [2.75, 3.05) is 0 Å². The first-order chi connectivity index (χ1) is 29.2. The highest BCUT2D eigenvalue weighted by Gasteiger charge is 2.19. The van der Waals surface area contributed by atoms with Crippen molar-refractivity contribution in [1.82, 2.24) is 19.9 Å². The molecule has 0 atom stereocenters. The maximum atomic E-state index is 5.20. The van der Waals surface area contributed by atoms with Crippen LogP contribution in [0.4, 0.5) is 0 Å². The Labute approximate surface area is 343 Å². The number of para-hydroxylation sites is 1. The molecule has 59 heavy (non-hydrogen) atoms. The van der Waals surface area contributed by atoms with Gasteiger partial charge in [0.05, 0.1) is 11.2 Å². The van der Waals surface area contributed by atoms with Crippen LogP contribution in [0.2, 0.25) is 0 Å². The monoisotopic (exact) mass is 768 g/mol. The molecule has 0 saturated heterocycles. The number of hydrogen-bond acceptors (Lipinski definition) is 5. The van der Waals surface area contributed by atoms with Crippen molar-refractivity contribution in [2.45, 2.75) is 0 Å². The standard InChI is InChI=1S/C54H32N4S/c1-2-14-35(15-3-1)49-46-29-28-44-43-22-11-21-42(50(43)59-51(44)48(46)45-20-8-9-23-47(45)55-49)38-18-10-19-39(32-38)52-56-53(40-26-24-33-12-4-6-16-36(33)30-40)58-54(57-52)41-27-25-34-13-5-7-17-37(34)31-41/h1-32H. The number of pyridine rings is 1. The number of fused-ring (bicyclic) bond motifs is 9. The third-order valence-electron chi connectivity index (χ3n) is 11.5. The van der Waals surface area contributed by atoms with E-state index in [1.165, 1.54) is 47.3 Å². The topological polar surface area (TPSA) is 51.6 Å². The lowest BCUT2D eigenvalue weighted by Crippen LogP contribution is -2.00. The molecular weight excluding hydrogens is 737 g/mol. The van der Waals surface area contributed by atoms with Crippen molar-refractivity contribution in [3.63, 3.8) is 0 Å². The van der Waals surface area contributed by atoms with E-state index in [0.29, 0.717) is 17.5 Å². The van der Waals surface area contributed by atoms with E-state index >= 15 is 0 Å². The number of aromatic nitrogens is 4. The molecule has 9 aromatic carbocycles. The predicted molar refractivity (Wildman–Crippen MR) is 248 cm³/mol. The fraction of sp³-hybridized carbons (Fsp3) is 0. The molecule has 0 aliphatic carbocycles. The number of benzene rings is 9. The average molecular weight is 769 g/mol. The summed E-state index contributed by atoms with van der Waals surface area (Å²) in [4.78, 5) is 20.7. The molecule has 3 heterocycles. The number of hydrogen-bond donors (Lipinski definition) is 0. The van der Waals surface area contributed by atoms with Crippen LogP contribution in [0.1, 0.15) is 0 Å². The first kappa shape index (κ1) is 33.5. The lowest BCUT2D eigenvalue weighted by molar-refractivity contribution is 1.08. The van der Waals surface area contributed by atoms with Crippen molar-refractivity contribution >= 4 is 74.7 Å². The van der Waals surface area contributed by atoms with E-state index in [0.717, 1.165) is 55.2 Å². The van der Waals surface area contributed by atoms with Gasteiger partial charge in [0, 0.05) is 58.6 Å². The molecule has 12 rings (SSSR count). The summed E-state index contributed by atoms with van der Waals surface area (Å²) in [6, 6.07) is 68.6. The highest BCUT2D eigenvalue weighted by atomic mass is 32.1. The molecule has 0 fully saturated rings. The summed E-state index contributed by atoms with van der Waals surface area (Å²) in [5.41, 5.74) is 8.25. The molecule has 0 radical (unpaired) electrons. The summed E-state index contributed by atoms with van der Waals surface area (Å²) in [6.07, 6.45) is 0. The average Bonchev–Trinajstić information content (AvgIpc) is 3.70. The Morgan fingerprint density at radius 1 is 0.305 bits per heavy atom. The zero-order valence-electron chi connectivity index (χ0n) is 31.7.